The summed E-state index contributed by atoms with van der Waals surface area (Å²) in [6.07, 6.45) is 2.09. The van der Waals surface area contributed by atoms with E-state index >= 15 is 0 Å². The van der Waals surface area contributed by atoms with E-state index in [1.165, 1.54) is 18.7 Å². The van der Waals surface area contributed by atoms with Gasteiger partial charge in [0.15, 0.2) is 16.8 Å². The summed E-state index contributed by atoms with van der Waals surface area (Å²) < 4.78 is 7.30. The molecule has 0 bridgehead atoms. The topological polar surface area (TPSA) is 90.0 Å². The van der Waals surface area contributed by atoms with E-state index in [-0.39, 0.29) is 17.4 Å². The van der Waals surface area contributed by atoms with Crippen molar-refractivity contribution in [1.29, 1.82) is 0 Å². The van der Waals surface area contributed by atoms with Crippen LogP contribution in [0.5, 0.6) is 0 Å². The number of nitrogens with one attached hydrogen (secondary N) is 1. The Hall–Kier alpha value is -2.87. The summed E-state index contributed by atoms with van der Waals surface area (Å²) in [6.45, 7) is 6.03. The molecule has 8 heteroatoms. The third kappa shape index (κ3) is 5.14. The van der Waals surface area contributed by atoms with Gasteiger partial charge in [-0.1, -0.05) is 42.1 Å². The minimum Gasteiger partial charge on any atom is -0.469 e. The first-order chi connectivity index (χ1) is 14.0. The number of furan rings is 1. The van der Waals surface area contributed by atoms with Gasteiger partial charge < -0.3 is 14.3 Å². The number of nitrogens with zero attached hydrogens (tertiary/aromatic N) is 3. The summed E-state index contributed by atoms with van der Waals surface area (Å²) in [5.41, 5.74) is 1.89. The molecular formula is C21H24N4O3S. The van der Waals surface area contributed by atoms with Gasteiger partial charge in [0.25, 0.3) is 0 Å². The van der Waals surface area contributed by atoms with Crippen LogP contribution in [0, 0.1) is 6.92 Å². The molecule has 3 rings (SSSR count). The van der Waals surface area contributed by atoms with Crippen molar-refractivity contribution < 1.29 is 14.0 Å². The van der Waals surface area contributed by atoms with Crippen LogP contribution in [0.15, 0.2) is 52.2 Å². The van der Waals surface area contributed by atoms with Crippen molar-refractivity contribution >= 4 is 23.5 Å². The van der Waals surface area contributed by atoms with Crippen molar-refractivity contribution in [2.75, 3.05) is 5.75 Å². The lowest BCUT2D eigenvalue weighted by Gasteiger charge is -2.16. The number of Topliss-reactive ketones (excluding diaryl/α,β-unsaturated/α-hetero) is 1. The smallest absolute Gasteiger partial charge is 0.231 e. The van der Waals surface area contributed by atoms with Crippen LogP contribution in [0.1, 0.15) is 25.2 Å². The monoisotopic (exact) mass is 412 g/mol. The molecule has 0 saturated carbocycles. The Morgan fingerprint density at radius 2 is 1.97 bits per heavy atom. The molecule has 152 valence electrons. The predicted molar refractivity (Wildman–Crippen MR) is 112 cm³/mol. The predicted octanol–water partition coefficient (Wildman–Crippen LogP) is 3.28. The lowest BCUT2D eigenvalue weighted by molar-refractivity contribution is -0.125. The Labute approximate surface area is 173 Å². The Bertz CT molecular complexity index is 981. The molecule has 0 aliphatic rings. The molecule has 0 unspecified atom stereocenters. The molecule has 1 atom stereocenters. The number of aryl methyl sites for hydroxylation is 1. The van der Waals surface area contributed by atoms with Crippen LogP contribution in [0.25, 0.3) is 11.4 Å². The van der Waals surface area contributed by atoms with Gasteiger partial charge in [0.05, 0.1) is 23.6 Å². The Morgan fingerprint density at radius 1 is 1.21 bits per heavy atom. The fourth-order valence-electron chi connectivity index (χ4n) is 3.01. The maximum atomic E-state index is 12.5. The van der Waals surface area contributed by atoms with E-state index in [1.807, 2.05) is 54.8 Å². The molecule has 0 saturated heterocycles. The number of carbonyl (C=O) groups excluding carboxylic acids is 2. The number of hydrogen-bond acceptors (Lipinski definition) is 6. The number of amides is 1. The van der Waals surface area contributed by atoms with Crippen LogP contribution in [-0.4, -0.2) is 38.2 Å². The zero-order valence-electron chi connectivity index (χ0n) is 16.7. The first kappa shape index (κ1) is 20.9. The number of benzene rings is 1. The van der Waals surface area contributed by atoms with E-state index in [4.69, 9.17) is 4.42 Å². The lowest BCUT2D eigenvalue weighted by atomic mass is 10.0. The molecule has 0 fully saturated rings. The molecule has 0 spiro atoms. The van der Waals surface area contributed by atoms with Crippen LogP contribution in [0.4, 0.5) is 0 Å². The molecule has 1 aromatic carbocycles. The quantitative estimate of drug-likeness (QED) is 0.543. The van der Waals surface area contributed by atoms with Crippen molar-refractivity contribution in [1.82, 2.24) is 20.1 Å². The van der Waals surface area contributed by atoms with E-state index in [0.29, 0.717) is 23.9 Å². The van der Waals surface area contributed by atoms with Crippen LogP contribution >= 0.6 is 11.8 Å². The van der Waals surface area contributed by atoms with Crippen LogP contribution in [0.2, 0.25) is 0 Å². The number of ketones is 1. The number of hydrogen-bond donors (Lipinski definition) is 1. The number of aromatic nitrogens is 3. The van der Waals surface area contributed by atoms with E-state index in [1.54, 1.807) is 6.26 Å². The second-order valence-corrected chi connectivity index (χ2v) is 7.59. The Morgan fingerprint density at radius 3 is 2.59 bits per heavy atom. The standard InChI is InChI=1S/C21H24N4O3S/c1-4-25-20(17-10-11-28-15(17)3)23-24-21(25)29-13-19(27)22-18(14(2)26)12-16-8-6-5-7-9-16/h5-11,18H,4,12-13H2,1-3H3,(H,22,27)/t18-/m1/s1. The van der Waals surface area contributed by atoms with Gasteiger partial charge in [0.2, 0.25) is 5.91 Å². The van der Waals surface area contributed by atoms with Crippen molar-refractivity contribution in [3.63, 3.8) is 0 Å². The molecule has 29 heavy (non-hydrogen) atoms. The molecule has 2 aromatic heterocycles. The fourth-order valence-corrected chi connectivity index (χ4v) is 3.82. The number of thioether (sulfide) groups is 1. The summed E-state index contributed by atoms with van der Waals surface area (Å²) in [5, 5.41) is 12.0. The van der Waals surface area contributed by atoms with Crippen molar-refractivity contribution in [3.05, 3.63) is 54.0 Å². The highest BCUT2D eigenvalue weighted by Gasteiger charge is 2.20. The van der Waals surface area contributed by atoms with Crippen molar-refractivity contribution in [2.45, 2.75) is 44.9 Å². The van der Waals surface area contributed by atoms with Crippen LogP contribution < -0.4 is 5.32 Å². The average molecular weight is 413 g/mol. The maximum absolute atomic E-state index is 12.5. The molecule has 1 N–H and O–H groups in total. The first-order valence-electron chi connectivity index (χ1n) is 9.43. The van der Waals surface area contributed by atoms with Gasteiger partial charge >= 0.3 is 0 Å². The normalized spacial score (nSPS) is 12.0. The third-order valence-electron chi connectivity index (χ3n) is 4.57. The third-order valence-corrected chi connectivity index (χ3v) is 5.54. The van der Waals surface area contributed by atoms with Gasteiger partial charge in [-0.05, 0) is 38.8 Å². The molecule has 7 nitrogen and oxygen atoms in total. The van der Waals surface area contributed by atoms with Crippen molar-refractivity contribution in [2.24, 2.45) is 0 Å². The van der Waals surface area contributed by atoms with E-state index in [2.05, 4.69) is 15.5 Å². The highest BCUT2D eigenvalue weighted by atomic mass is 32.2. The summed E-state index contributed by atoms with van der Waals surface area (Å²) in [4.78, 5) is 24.4. The van der Waals surface area contributed by atoms with Crippen molar-refractivity contribution in [3.8, 4) is 11.4 Å². The molecule has 2 heterocycles. The molecule has 0 radical (unpaired) electrons. The SMILES string of the molecule is CCn1c(SCC(=O)N[C@H](Cc2ccccc2)C(C)=O)nnc1-c1ccoc1C. The number of rotatable bonds is 9. The van der Waals surface area contributed by atoms with Gasteiger partial charge in [-0.15, -0.1) is 10.2 Å². The second-order valence-electron chi connectivity index (χ2n) is 6.65. The van der Waals surface area contributed by atoms with E-state index in [0.717, 1.165) is 16.9 Å². The van der Waals surface area contributed by atoms with Gasteiger partial charge in [-0.3, -0.25) is 9.59 Å². The molecule has 0 aliphatic heterocycles. The first-order valence-corrected chi connectivity index (χ1v) is 10.4. The molecule has 1 amide bonds. The molecular weight excluding hydrogens is 388 g/mol. The Kier molecular flexibility index (Phi) is 6.87. The van der Waals surface area contributed by atoms with E-state index < -0.39 is 6.04 Å². The van der Waals surface area contributed by atoms with Gasteiger partial charge in [-0.25, -0.2) is 0 Å². The summed E-state index contributed by atoms with van der Waals surface area (Å²) in [6, 6.07) is 11.0. The lowest BCUT2D eigenvalue weighted by Crippen LogP contribution is -2.42. The van der Waals surface area contributed by atoms with Crippen LogP contribution in [-0.2, 0) is 22.6 Å². The zero-order chi connectivity index (χ0) is 20.8. The minimum absolute atomic E-state index is 0.0679. The fraction of sp³-hybridized carbons (Fsp3) is 0.333. The van der Waals surface area contributed by atoms with E-state index in [9.17, 15) is 9.59 Å². The summed E-state index contributed by atoms with van der Waals surface area (Å²) >= 11 is 1.30. The van der Waals surface area contributed by atoms with Crippen LogP contribution in [0.3, 0.4) is 0 Å². The number of carbonyl (C=O) groups is 2. The summed E-state index contributed by atoms with van der Waals surface area (Å²) in [7, 11) is 0. The van der Waals surface area contributed by atoms with Gasteiger partial charge in [-0.2, -0.15) is 0 Å². The maximum Gasteiger partial charge on any atom is 0.231 e. The van der Waals surface area contributed by atoms with Gasteiger partial charge in [0.1, 0.15) is 5.76 Å². The largest absolute Gasteiger partial charge is 0.469 e. The second kappa shape index (κ2) is 9.56. The highest BCUT2D eigenvalue weighted by molar-refractivity contribution is 7.99. The highest BCUT2D eigenvalue weighted by Crippen LogP contribution is 2.26. The van der Waals surface area contributed by atoms with Gasteiger partial charge in [0, 0.05) is 6.54 Å². The Balaban J connectivity index is 1.63. The minimum atomic E-state index is -0.543. The summed E-state index contributed by atoms with van der Waals surface area (Å²) in [5.74, 6) is 1.36. The average Bonchev–Trinajstić information content (AvgIpc) is 3.31. The molecule has 0 aliphatic carbocycles. The zero-order valence-corrected chi connectivity index (χ0v) is 17.5. The molecule has 3 aromatic rings.